The van der Waals surface area contributed by atoms with Crippen LogP contribution in [0, 0.1) is 5.41 Å². The molecule has 3 rings (SSSR count). The maximum atomic E-state index is 12.8. The summed E-state index contributed by atoms with van der Waals surface area (Å²) in [5.41, 5.74) is 0.809. The second kappa shape index (κ2) is 8.08. The van der Waals surface area contributed by atoms with Crippen molar-refractivity contribution in [1.29, 1.82) is 0 Å². The van der Waals surface area contributed by atoms with E-state index in [0.717, 1.165) is 0 Å². The number of amides is 1. The molecule has 0 aromatic heterocycles. The van der Waals surface area contributed by atoms with Crippen molar-refractivity contribution in [2.24, 2.45) is 5.41 Å². The Morgan fingerprint density at radius 1 is 1.28 bits per heavy atom. The number of rotatable bonds is 6. The molecule has 2 aromatic carbocycles. The number of fused-ring (bicyclic) bond motifs is 1. The Hall–Kier alpha value is -2.51. The molecule has 154 valence electrons. The molecule has 0 saturated carbocycles. The molecule has 0 unspecified atom stereocenters. The molecule has 1 heterocycles. The van der Waals surface area contributed by atoms with E-state index >= 15 is 0 Å². The van der Waals surface area contributed by atoms with Crippen molar-refractivity contribution >= 4 is 38.9 Å². The van der Waals surface area contributed by atoms with Gasteiger partial charge in [0, 0.05) is 17.6 Å². The molecule has 0 bridgehead atoms. The van der Waals surface area contributed by atoms with Crippen LogP contribution < -0.4 is 14.4 Å². The van der Waals surface area contributed by atoms with Gasteiger partial charge in [0.25, 0.3) is 0 Å². The fraction of sp³-hybridized carbons (Fsp3) is 0.286. The summed E-state index contributed by atoms with van der Waals surface area (Å²) in [4.78, 5) is 14.4. The van der Waals surface area contributed by atoms with Gasteiger partial charge in [-0.1, -0.05) is 29.8 Å². The van der Waals surface area contributed by atoms with Crippen molar-refractivity contribution in [1.82, 2.24) is 0 Å². The molecular weight excluding hydrogens is 412 g/mol. The van der Waals surface area contributed by atoms with Gasteiger partial charge in [-0.2, -0.15) is 0 Å². The highest BCUT2D eigenvalue weighted by molar-refractivity contribution is 7.91. The first-order valence-corrected chi connectivity index (χ1v) is 11.1. The summed E-state index contributed by atoms with van der Waals surface area (Å²) in [6, 6.07) is 11.6. The zero-order chi connectivity index (χ0) is 21.2. The highest BCUT2D eigenvalue weighted by Gasteiger charge is 2.37. The average molecular weight is 435 g/mol. The lowest BCUT2D eigenvalue weighted by atomic mass is 9.93. The van der Waals surface area contributed by atoms with E-state index < -0.39 is 15.4 Å². The number of nitrogens with zero attached hydrogens (tertiary/aromatic N) is 1. The predicted octanol–water partition coefficient (Wildman–Crippen LogP) is 4.22. The van der Waals surface area contributed by atoms with Crippen molar-refractivity contribution in [2.45, 2.75) is 19.6 Å². The number of anilines is 2. The quantitative estimate of drug-likeness (QED) is 0.690. The van der Waals surface area contributed by atoms with E-state index in [1.165, 1.54) is 0 Å². The predicted molar refractivity (Wildman–Crippen MR) is 116 cm³/mol. The van der Waals surface area contributed by atoms with Gasteiger partial charge in [-0.05, 0) is 43.7 Å². The standard InChI is InChI=1S/C21H23ClN2O4S/c1-4-10-24-18-9-8-17(12-19(18)28-14-21(2,3)20(24)25)23-29(26,27)13-15-6-5-7-16(22)11-15/h4-9,11-12,23H,1,10,13-14H2,2-3H3. The van der Waals surface area contributed by atoms with Crippen LogP contribution >= 0.6 is 11.6 Å². The van der Waals surface area contributed by atoms with Crippen LogP contribution in [0.1, 0.15) is 19.4 Å². The van der Waals surface area contributed by atoms with Crippen LogP contribution in [0.15, 0.2) is 55.1 Å². The Morgan fingerprint density at radius 2 is 2.03 bits per heavy atom. The average Bonchev–Trinajstić information content (AvgIpc) is 2.71. The van der Waals surface area contributed by atoms with Crippen molar-refractivity contribution in [3.8, 4) is 5.75 Å². The van der Waals surface area contributed by atoms with Gasteiger partial charge in [0.1, 0.15) is 12.4 Å². The normalized spacial score (nSPS) is 15.8. The molecule has 1 aliphatic heterocycles. The third-order valence-corrected chi connectivity index (χ3v) is 5.99. The summed E-state index contributed by atoms with van der Waals surface area (Å²) in [7, 11) is -3.66. The van der Waals surface area contributed by atoms with Crippen LogP contribution in [0.2, 0.25) is 5.02 Å². The lowest BCUT2D eigenvalue weighted by Crippen LogP contribution is -2.42. The van der Waals surface area contributed by atoms with E-state index in [1.807, 2.05) is 13.8 Å². The Bertz CT molecular complexity index is 1050. The Balaban J connectivity index is 1.87. The monoisotopic (exact) mass is 434 g/mol. The van der Waals surface area contributed by atoms with E-state index in [2.05, 4.69) is 11.3 Å². The van der Waals surface area contributed by atoms with E-state index in [1.54, 1.807) is 53.4 Å². The molecule has 6 nitrogen and oxygen atoms in total. The summed E-state index contributed by atoms with van der Waals surface area (Å²) < 4.78 is 33.5. The number of benzene rings is 2. The van der Waals surface area contributed by atoms with Gasteiger partial charge in [-0.25, -0.2) is 8.42 Å². The molecule has 2 aromatic rings. The molecule has 0 saturated heterocycles. The Morgan fingerprint density at radius 3 is 2.72 bits per heavy atom. The minimum Gasteiger partial charge on any atom is -0.490 e. The highest BCUT2D eigenvalue weighted by atomic mass is 35.5. The summed E-state index contributed by atoms with van der Waals surface area (Å²) in [6.07, 6.45) is 1.64. The number of hydrogen-bond acceptors (Lipinski definition) is 4. The van der Waals surface area contributed by atoms with Crippen LogP contribution in [0.5, 0.6) is 5.75 Å². The summed E-state index contributed by atoms with van der Waals surface area (Å²) >= 11 is 5.93. The molecule has 0 fully saturated rings. The smallest absolute Gasteiger partial charge is 0.236 e. The van der Waals surface area contributed by atoms with Gasteiger partial charge in [0.2, 0.25) is 15.9 Å². The van der Waals surface area contributed by atoms with Crippen LogP contribution in [0.3, 0.4) is 0 Å². The van der Waals surface area contributed by atoms with Crippen molar-refractivity contribution in [3.05, 3.63) is 65.7 Å². The fourth-order valence-corrected chi connectivity index (χ4v) is 4.47. The van der Waals surface area contributed by atoms with Gasteiger partial charge in [0.15, 0.2) is 0 Å². The summed E-state index contributed by atoms with van der Waals surface area (Å²) in [5, 5.41) is 0.478. The Labute approximate surface area is 176 Å². The maximum Gasteiger partial charge on any atom is 0.236 e. The van der Waals surface area contributed by atoms with E-state index in [0.29, 0.717) is 34.3 Å². The van der Waals surface area contributed by atoms with Gasteiger partial charge in [-0.3, -0.25) is 9.52 Å². The number of hydrogen-bond donors (Lipinski definition) is 1. The number of ether oxygens (including phenoxy) is 1. The topological polar surface area (TPSA) is 75.7 Å². The summed E-state index contributed by atoms with van der Waals surface area (Å²) in [5.74, 6) is 0.152. The van der Waals surface area contributed by atoms with Gasteiger partial charge in [0.05, 0.1) is 22.5 Å². The van der Waals surface area contributed by atoms with Crippen LogP contribution in [-0.2, 0) is 20.6 Å². The zero-order valence-electron chi connectivity index (χ0n) is 16.3. The first-order valence-electron chi connectivity index (χ1n) is 9.06. The van der Waals surface area contributed by atoms with Crippen molar-refractivity contribution in [3.63, 3.8) is 0 Å². The van der Waals surface area contributed by atoms with E-state index in [9.17, 15) is 13.2 Å². The second-order valence-electron chi connectivity index (χ2n) is 7.55. The number of nitrogens with one attached hydrogen (secondary N) is 1. The van der Waals surface area contributed by atoms with Crippen LogP contribution in [-0.4, -0.2) is 27.5 Å². The van der Waals surface area contributed by atoms with Crippen LogP contribution in [0.4, 0.5) is 11.4 Å². The SMILES string of the molecule is C=CCN1C(=O)C(C)(C)COc2cc(NS(=O)(=O)Cc3cccc(Cl)c3)ccc21. The molecular formula is C21H23ClN2O4S. The Kier molecular flexibility index (Phi) is 5.91. The fourth-order valence-electron chi connectivity index (χ4n) is 3.08. The van der Waals surface area contributed by atoms with E-state index in [4.69, 9.17) is 16.3 Å². The molecule has 0 atom stereocenters. The molecule has 0 spiro atoms. The number of carbonyl (C=O) groups excluding carboxylic acids is 1. The van der Waals surface area contributed by atoms with Crippen LogP contribution in [0.25, 0.3) is 0 Å². The zero-order valence-corrected chi connectivity index (χ0v) is 17.9. The van der Waals surface area contributed by atoms with Gasteiger partial charge in [-0.15, -0.1) is 6.58 Å². The third-order valence-electron chi connectivity index (χ3n) is 4.49. The molecule has 29 heavy (non-hydrogen) atoms. The van der Waals surface area contributed by atoms with Gasteiger partial charge < -0.3 is 9.64 Å². The largest absolute Gasteiger partial charge is 0.490 e. The molecule has 0 radical (unpaired) electrons. The summed E-state index contributed by atoms with van der Waals surface area (Å²) in [6.45, 7) is 7.86. The minimum atomic E-state index is -3.66. The van der Waals surface area contributed by atoms with Gasteiger partial charge >= 0.3 is 0 Å². The number of carbonyl (C=O) groups is 1. The highest BCUT2D eigenvalue weighted by Crippen LogP contribution is 2.38. The molecule has 1 aliphatic rings. The first kappa shape index (κ1) is 21.2. The maximum absolute atomic E-state index is 12.8. The second-order valence-corrected chi connectivity index (χ2v) is 9.71. The molecule has 8 heteroatoms. The van der Waals surface area contributed by atoms with Crippen molar-refractivity contribution < 1.29 is 17.9 Å². The molecule has 0 aliphatic carbocycles. The third kappa shape index (κ3) is 4.92. The molecule has 1 N–H and O–H groups in total. The number of halogens is 1. The molecule has 1 amide bonds. The number of sulfonamides is 1. The lowest BCUT2D eigenvalue weighted by Gasteiger charge is -2.27. The lowest BCUT2D eigenvalue weighted by molar-refractivity contribution is -0.127. The first-order chi connectivity index (χ1) is 13.6. The van der Waals surface area contributed by atoms with E-state index in [-0.39, 0.29) is 18.3 Å². The van der Waals surface area contributed by atoms with Crippen molar-refractivity contribution in [2.75, 3.05) is 22.8 Å². The minimum absolute atomic E-state index is 0.0783.